The Bertz CT molecular complexity index is 2000. The molecule has 7 heteroatoms. The zero-order valence-electron chi connectivity index (χ0n) is 27.7. The summed E-state index contributed by atoms with van der Waals surface area (Å²) in [6.07, 6.45) is 0. The summed E-state index contributed by atoms with van der Waals surface area (Å²) in [5.41, 5.74) is 3.95. The molecule has 2 heterocycles. The Morgan fingerprint density at radius 1 is 0.531 bits per heavy atom. The summed E-state index contributed by atoms with van der Waals surface area (Å²) in [6.45, 7) is 2.69. The number of hydrogen-bond donors (Lipinski definition) is 1. The molecule has 0 amide bonds. The monoisotopic (exact) mass is 681 g/mol. The normalized spacial score (nSPS) is 14.1. The van der Waals surface area contributed by atoms with E-state index in [-0.39, 0.29) is 0 Å². The van der Waals surface area contributed by atoms with Gasteiger partial charge in [-0.25, -0.2) is 4.89 Å². The van der Waals surface area contributed by atoms with Crippen molar-refractivity contribution in [3.8, 4) is 22.6 Å². The lowest BCUT2D eigenvalue weighted by molar-refractivity contribution is 0.308. The van der Waals surface area contributed by atoms with E-state index in [0.717, 1.165) is 63.0 Å². The maximum Gasteiger partial charge on any atom is 0.239 e. The first-order chi connectivity index (χ1) is 24.1. The first-order valence-electron chi connectivity index (χ1n) is 16.7. The second-order valence-corrected chi connectivity index (χ2v) is 17.4. The number of hydrogen-bond acceptors (Lipinski definition) is 5. The Labute approximate surface area is 290 Å². The molecule has 0 unspecified atom stereocenters. The van der Waals surface area contributed by atoms with Gasteiger partial charge in [0.2, 0.25) is 7.49 Å². The van der Waals surface area contributed by atoms with E-state index in [0.29, 0.717) is 13.2 Å². The number of nitrogens with zero attached hydrogens (tertiary/aromatic N) is 2. The van der Waals surface area contributed by atoms with Crippen LogP contribution in [0.25, 0.3) is 11.1 Å². The second kappa shape index (κ2) is 13.3. The van der Waals surface area contributed by atoms with Gasteiger partial charge in [0.05, 0.1) is 30.0 Å². The van der Waals surface area contributed by atoms with Crippen LogP contribution in [0.1, 0.15) is 0 Å². The quantitative estimate of drug-likeness (QED) is 0.211. The van der Waals surface area contributed by atoms with Crippen LogP contribution >= 0.6 is 15.4 Å². The van der Waals surface area contributed by atoms with Crippen molar-refractivity contribution in [1.29, 1.82) is 0 Å². The molecule has 49 heavy (non-hydrogen) atoms. The van der Waals surface area contributed by atoms with E-state index in [2.05, 4.69) is 133 Å². The Kier molecular flexibility index (Phi) is 8.60. The molecule has 0 atom stereocenters. The van der Waals surface area contributed by atoms with E-state index in [1.165, 1.54) is 15.9 Å². The van der Waals surface area contributed by atoms with Gasteiger partial charge in [0, 0.05) is 19.7 Å². The van der Waals surface area contributed by atoms with Crippen LogP contribution in [0.4, 0.5) is 11.4 Å². The average Bonchev–Trinajstić information content (AvgIpc) is 3.16. The van der Waals surface area contributed by atoms with E-state index in [9.17, 15) is 4.89 Å². The number of ether oxygens (including phenoxy) is 2. The first-order valence-corrected chi connectivity index (χ1v) is 19.8. The molecular formula is C42H39N2O3P2+. The number of benzene rings is 6. The SMILES string of the molecule is CN1CCOc2c1ccc(P(c1ccccc1)c1ccccc1)c2-c1c([P+](O)(c2ccccc2)c2ccccc2)ccc2c1OCCN2C. The van der Waals surface area contributed by atoms with Crippen LogP contribution in [-0.2, 0) is 0 Å². The molecule has 1 N–H and O–H groups in total. The van der Waals surface area contributed by atoms with Crippen molar-refractivity contribution in [1.82, 2.24) is 0 Å². The molecular weight excluding hydrogens is 642 g/mol. The summed E-state index contributed by atoms with van der Waals surface area (Å²) >= 11 is 0. The highest BCUT2D eigenvalue weighted by Gasteiger charge is 2.49. The smallest absolute Gasteiger partial charge is 0.239 e. The van der Waals surface area contributed by atoms with E-state index in [1.54, 1.807) is 0 Å². The Morgan fingerprint density at radius 2 is 0.959 bits per heavy atom. The molecule has 2 aliphatic heterocycles. The van der Waals surface area contributed by atoms with Crippen molar-refractivity contribution < 1.29 is 14.4 Å². The van der Waals surface area contributed by atoms with Crippen molar-refractivity contribution in [3.63, 3.8) is 0 Å². The molecule has 0 spiro atoms. The molecule has 0 aliphatic carbocycles. The van der Waals surface area contributed by atoms with Crippen LogP contribution in [-0.4, -0.2) is 45.3 Å². The highest BCUT2D eigenvalue weighted by atomic mass is 31.2. The predicted octanol–water partition coefficient (Wildman–Crippen LogP) is 5.97. The van der Waals surface area contributed by atoms with Gasteiger partial charge in [-0.1, -0.05) is 103 Å². The molecule has 0 bridgehead atoms. The fourth-order valence-corrected chi connectivity index (χ4v) is 12.4. The van der Waals surface area contributed by atoms with Crippen molar-refractivity contribution in [3.05, 3.63) is 146 Å². The van der Waals surface area contributed by atoms with Crippen LogP contribution in [0.15, 0.2) is 146 Å². The third-order valence-corrected chi connectivity index (χ3v) is 15.2. The maximum atomic E-state index is 13.6. The van der Waals surface area contributed by atoms with Gasteiger partial charge in [0.15, 0.2) is 11.5 Å². The van der Waals surface area contributed by atoms with E-state index in [1.807, 2.05) is 36.4 Å². The average molecular weight is 682 g/mol. The topological polar surface area (TPSA) is 45.2 Å². The van der Waals surface area contributed by atoms with Crippen molar-refractivity contribution in [2.24, 2.45) is 0 Å². The fourth-order valence-electron chi connectivity index (χ4n) is 7.06. The molecule has 8 rings (SSSR count). The van der Waals surface area contributed by atoms with Gasteiger partial charge in [0.25, 0.3) is 0 Å². The minimum absolute atomic E-state index is 0.546. The molecule has 0 radical (unpaired) electrons. The van der Waals surface area contributed by atoms with Crippen molar-refractivity contribution in [2.45, 2.75) is 0 Å². The van der Waals surface area contributed by atoms with E-state index < -0.39 is 15.4 Å². The maximum absolute atomic E-state index is 13.6. The highest BCUT2D eigenvalue weighted by molar-refractivity contribution is 7.91. The van der Waals surface area contributed by atoms with Crippen molar-refractivity contribution in [2.75, 3.05) is 50.2 Å². The molecule has 0 saturated carbocycles. The molecule has 244 valence electrons. The fraction of sp³-hybridized carbons (Fsp3) is 0.143. The van der Waals surface area contributed by atoms with Crippen LogP contribution in [0.3, 0.4) is 0 Å². The summed E-state index contributed by atoms with van der Waals surface area (Å²) in [5, 5.41) is 6.31. The number of fused-ring (bicyclic) bond motifs is 2. The van der Waals surface area contributed by atoms with Crippen molar-refractivity contribution >= 4 is 58.6 Å². The third-order valence-electron chi connectivity index (χ3n) is 9.53. The van der Waals surface area contributed by atoms with Gasteiger partial charge >= 0.3 is 0 Å². The molecule has 2 aliphatic rings. The Balaban J connectivity index is 1.53. The van der Waals surface area contributed by atoms with Gasteiger partial charge < -0.3 is 19.3 Å². The van der Waals surface area contributed by atoms with Crippen LogP contribution in [0.5, 0.6) is 11.5 Å². The van der Waals surface area contributed by atoms with Crippen LogP contribution < -0.4 is 51.1 Å². The largest absolute Gasteiger partial charge is 0.489 e. The standard InChI is InChI=1S/C42H39N2O3P2/c1-43-27-29-46-41-35(43)23-25-37(48(31-15-7-3-8-16-31)32-17-9-4-10-18-32)39(41)40-38(26-24-36-42(40)47-30-28-44(36)2)49(45,33-19-11-5-12-20-33)34-21-13-6-14-22-34/h3-26,45H,27-30H2,1-2H3/q+1. The lowest BCUT2D eigenvalue weighted by Crippen LogP contribution is -2.36. The van der Waals surface area contributed by atoms with Gasteiger partial charge in [0.1, 0.15) is 29.1 Å². The zero-order valence-corrected chi connectivity index (χ0v) is 29.5. The summed E-state index contributed by atoms with van der Waals surface area (Å²) in [4.78, 5) is 18.1. The molecule has 5 nitrogen and oxygen atoms in total. The second-order valence-electron chi connectivity index (χ2n) is 12.5. The summed E-state index contributed by atoms with van der Waals surface area (Å²) in [6, 6.07) is 50.7. The zero-order chi connectivity index (χ0) is 33.4. The minimum atomic E-state index is -3.20. The van der Waals surface area contributed by atoms with Gasteiger partial charge in [-0.2, -0.15) is 0 Å². The summed E-state index contributed by atoms with van der Waals surface area (Å²) < 4.78 is 13.5. The molecule has 0 aromatic heterocycles. The lowest BCUT2D eigenvalue weighted by atomic mass is 9.99. The van der Waals surface area contributed by atoms with Gasteiger partial charge in [-0.05, 0) is 66.3 Å². The molecule has 0 saturated heterocycles. The Hall–Kier alpha value is -4.66. The predicted molar refractivity (Wildman–Crippen MR) is 209 cm³/mol. The molecule has 0 fully saturated rings. The Morgan fingerprint density at radius 3 is 1.45 bits per heavy atom. The number of anilines is 2. The van der Waals surface area contributed by atoms with Gasteiger partial charge in [-0.3, -0.25) is 0 Å². The highest BCUT2D eigenvalue weighted by Crippen LogP contribution is 2.58. The van der Waals surface area contributed by atoms with E-state index >= 15 is 0 Å². The molecule has 6 aromatic rings. The lowest BCUT2D eigenvalue weighted by Gasteiger charge is -2.35. The minimum Gasteiger partial charge on any atom is -0.489 e. The van der Waals surface area contributed by atoms with Crippen LogP contribution in [0.2, 0.25) is 0 Å². The van der Waals surface area contributed by atoms with E-state index in [4.69, 9.17) is 9.47 Å². The number of rotatable bonds is 7. The van der Waals surface area contributed by atoms with Gasteiger partial charge in [-0.15, -0.1) is 0 Å². The number of likely N-dealkylation sites (N-methyl/N-ethyl adjacent to an activating group) is 2. The first kappa shape index (κ1) is 31.6. The summed E-state index contributed by atoms with van der Waals surface area (Å²) in [7, 11) is 0.00876. The third kappa shape index (κ3) is 5.57. The summed E-state index contributed by atoms with van der Waals surface area (Å²) in [5.74, 6) is 1.63. The van der Waals surface area contributed by atoms with Crippen LogP contribution in [0, 0.1) is 0 Å². The molecule has 6 aromatic carbocycles.